The van der Waals surface area contributed by atoms with Gasteiger partial charge >= 0.3 is 0 Å². The molecule has 1 aromatic carbocycles. The largest absolute Gasteiger partial charge is 0.324 e. The van der Waals surface area contributed by atoms with Crippen LogP contribution in [-0.4, -0.2) is 4.98 Å². The predicted molar refractivity (Wildman–Crippen MR) is 75.8 cm³/mol. The Morgan fingerprint density at radius 1 is 1.17 bits per heavy atom. The molecule has 1 heterocycles. The summed E-state index contributed by atoms with van der Waals surface area (Å²) in [5, 5.41) is 0.752. The summed E-state index contributed by atoms with van der Waals surface area (Å²) < 4.78 is 0. The maximum absolute atomic E-state index is 6.24. The molecule has 1 unspecified atom stereocenters. The standard InChI is InChI=1S/C15H17ClN2/c1-10-6-13(7-11(2)18-10)15(17)9-12-4-3-5-14(16)8-12/h3-8,15H,9,17H2,1-2H3. The number of hydrogen-bond donors (Lipinski definition) is 1. The number of rotatable bonds is 3. The number of pyridine rings is 1. The Labute approximate surface area is 113 Å². The highest BCUT2D eigenvalue weighted by molar-refractivity contribution is 6.30. The summed E-state index contributed by atoms with van der Waals surface area (Å²) in [4.78, 5) is 4.36. The van der Waals surface area contributed by atoms with Crippen LogP contribution in [0.25, 0.3) is 0 Å². The molecule has 0 spiro atoms. The highest BCUT2D eigenvalue weighted by Gasteiger charge is 2.09. The minimum Gasteiger partial charge on any atom is -0.324 e. The van der Waals surface area contributed by atoms with Crippen LogP contribution in [0.15, 0.2) is 36.4 Å². The molecule has 18 heavy (non-hydrogen) atoms. The second kappa shape index (κ2) is 5.51. The number of nitrogens with zero attached hydrogens (tertiary/aromatic N) is 1. The van der Waals surface area contributed by atoms with Gasteiger partial charge in [-0.3, -0.25) is 4.98 Å². The Kier molecular flexibility index (Phi) is 4.00. The van der Waals surface area contributed by atoms with E-state index in [1.54, 1.807) is 0 Å². The van der Waals surface area contributed by atoms with E-state index in [2.05, 4.69) is 4.98 Å². The monoisotopic (exact) mass is 260 g/mol. The van der Waals surface area contributed by atoms with E-state index in [0.717, 1.165) is 34.0 Å². The first-order valence-electron chi connectivity index (χ1n) is 6.00. The van der Waals surface area contributed by atoms with E-state index in [1.165, 1.54) is 0 Å². The molecule has 0 amide bonds. The van der Waals surface area contributed by atoms with Crippen molar-refractivity contribution in [1.82, 2.24) is 4.98 Å². The number of nitrogens with two attached hydrogens (primary N) is 1. The van der Waals surface area contributed by atoms with Gasteiger partial charge in [-0.25, -0.2) is 0 Å². The van der Waals surface area contributed by atoms with Crippen molar-refractivity contribution in [3.8, 4) is 0 Å². The second-order valence-corrected chi connectivity index (χ2v) is 5.06. The highest BCUT2D eigenvalue weighted by Crippen LogP contribution is 2.19. The van der Waals surface area contributed by atoms with Crippen LogP contribution in [0.4, 0.5) is 0 Å². The number of hydrogen-bond acceptors (Lipinski definition) is 2. The number of aromatic nitrogens is 1. The van der Waals surface area contributed by atoms with Crippen LogP contribution in [0.2, 0.25) is 5.02 Å². The van der Waals surface area contributed by atoms with Gasteiger partial charge in [0.1, 0.15) is 0 Å². The van der Waals surface area contributed by atoms with Crippen molar-refractivity contribution < 1.29 is 0 Å². The zero-order valence-corrected chi connectivity index (χ0v) is 11.4. The summed E-state index contributed by atoms with van der Waals surface area (Å²) in [6.45, 7) is 3.98. The Morgan fingerprint density at radius 2 is 1.83 bits per heavy atom. The Morgan fingerprint density at radius 3 is 2.44 bits per heavy atom. The Balaban J connectivity index is 2.19. The predicted octanol–water partition coefficient (Wildman–Crippen LogP) is 3.59. The van der Waals surface area contributed by atoms with Gasteiger partial charge in [0.15, 0.2) is 0 Å². The van der Waals surface area contributed by atoms with Crippen LogP contribution >= 0.6 is 11.6 Å². The summed E-state index contributed by atoms with van der Waals surface area (Å²) in [7, 11) is 0. The van der Waals surface area contributed by atoms with Gasteiger partial charge in [-0.15, -0.1) is 0 Å². The quantitative estimate of drug-likeness (QED) is 0.916. The van der Waals surface area contributed by atoms with Crippen molar-refractivity contribution in [2.24, 2.45) is 5.73 Å². The maximum Gasteiger partial charge on any atom is 0.0408 e. The average molecular weight is 261 g/mol. The number of benzene rings is 1. The Bertz CT molecular complexity index is 532. The lowest BCUT2D eigenvalue weighted by molar-refractivity contribution is 0.717. The third-order valence-corrected chi connectivity index (χ3v) is 3.11. The lowest BCUT2D eigenvalue weighted by Crippen LogP contribution is -2.14. The lowest BCUT2D eigenvalue weighted by atomic mass is 9.99. The van der Waals surface area contributed by atoms with Crippen LogP contribution in [0.5, 0.6) is 0 Å². The topological polar surface area (TPSA) is 38.9 Å². The molecule has 3 heteroatoms. The fourth-order valence-electron chi connectivity index (χ4n) is 2.12. The van der Waals surface area contributed by atoms with Crippen molar-refractivity contribution in [3.63, 3.8) is 0 Å². The molecular weight excluding hydrogens is 244 g/mol. The lowest BCUT2D eigenvalue weighted by Gasteiger charge is -2.13. The van der Waals surface area contributed by atoms with E-state index in [0.29, 0.717) is 0 Å². The molecule has 0 aliphatic heterocycles. The van der Waals surface area contributed by atoms with Crippen LogP contribution in [0.3, 0.4) is 0 Å². The Hall–Kier alpha value is -1.38. The molecule has 2 N–H and O–H groups in total. The number of aryl methyl sites for hydroxylation is 2. The SMILES string of the molecule is Cc1cc(C(N)Cc2cccc(Cl)c2)cc(C)n1. The van der Waals surface area contributed by atoms with Gasteiger partial charge in [-0.05, 0) is 55.7 Å². The van der Waals surface area contributed by atoms with E-state index in [-0.39, 0.29) is 6.04 Å². The van der Waals surface area contributed by atoms with E-state index in [9.17, 15) is 0 Å². The normalized spacial score (nSPS) is 12.4. The molecule has 0 radical (unpaired) electrons. The van der Waals surface area contributed by atoms with E-state index in [4.69, 9.17) is 17.3 Å². The molecule has 1 atom stereocenters. The van der Waals surface area contributed by atoms with Crippen LogP contribution in [0, 0.1) is 13.8 Å². The first kappa shape index (κ1) is 13.1. The smallest absolute Gasteiger partial charge is 0.0408 e. The van der Waals surface area contributed by atoms with Crippen LogP contribution in [-0.2, 0) is 6.42 Å². The van der Waals surface area contributed by atoms with Gasteiger partial charge in [0.25, 0.3) is 0 Å². The van der Waals surface area contributed by atoms with E-state index >= 15 is 0 Å². The van der Waals surface area contributed by atoms with Crippen molar-refractivity contribution >= 4 is 11.6 Å². The average Bonchev–Trinajstić information content (AvgIpc) is 2.27. The molecule has 2 rings (SSSR count). The molecule has 0 saturated carbocycles. The molecule has 0 saturated heterocycles. The van der Waals surface area contributed by atoms with Crippen molar-refractivity contribution in [3.05, 3.63) is 63.9 Å². The summed E-state index contributed by atoms with van der Waals surface area (Å²) >= 11 is 5.97. The van der Waals surface area contributed by atoms with Crippen molar-refractivity contribution in [1.29, 1.82) is 0 Å². The van der Waals surface area contributed by atoms with Gasteiger partial charge in [-0.2, -0.15) is 0 Å². The molecule has 0 aliphatic carbocycles. The fraction of sp³-hybridized carbons (Fsp3) is 0.267. The highest BCUT2D eigenvalue weighted by atomic mass is 35.5. The second-order valence-electron chi connectivity index (χ2n) is 4.62. The maximum atomic E-state index is 6.24. The van der Waals surface area contributed by atoms with Gasteiger partial charge in [0, 0.05) is 22.5 Å². The minimum atomic E-state index is -0.0242. The van der Waals surface area contributed by atoms with E-state index in [1.807, 2.05) is 50.2 Å². The first-order chi connectivity index (χ1) is 8.54. The van der Waals surface area contributed by atoms with Crippen molar-refractivity contribution in [2.45, 2.75) is 26.3 Å². The molecule has 2 nitrogen and oxygen atoms in total. The molecule has 0 fully saturated rings. The van der Waals surface area contributed by atoms with Crippen LogP contribution < -0.4 is 5.73 Å². The van der Waals surface area contributed by atoms with Crippen LogP contribution in [0.1, 0.15) is 28.6 Å². The molecule has 0 bridgehead atoms. The first-order valence-corrected chi connectivity index (χ1v) is 6.37. The van der Waals surface area contributed by atoms with Gasteiger partial charge in [-0.1, -0.05) is 23.7 Å². The zero-order valence-electron chi connectivity index (χ0n) is 10.7. The zero-order chi connectivity index (χ0) is 13.1. The third-order valence-electron chi connectivity index (χ3n) is 2.88. The fourth-order valence-corrected chi connectivity index (χ4v) is 2.33. The molecule has 1 aromatic heterocycles. The van der Waals surface area contributed by atoms with E-state index < -0.39 is 0 Å². The van der Waals surface area contributed by atoms with Crippen molar-refractivity contribution in [2.75, 3.05) is 0 Å². The summed E-state index contributed by atoms with van der Waals surface area (Å²) in [5.74, 6) is 0. The molecular formula is C15H17ClN2. The molecule has 2 aromatic rings. The van der Waals surface area contributed by atoms with Gasteiger partial charge in [0.2, 0.25) is 0 Å². The summed E-state index contributed by atoms with van der Waals surface area (Å²) in [6, 6.07) is 11.9. The molecule has 94 valence electrons. The summed E-state index contributed by atoms with van der Waals surface area (Å²) in [5.41, 5.74) is 10.5. The van der Waals surface area contributed by atoms with Gasteiger partial charge in [0.05, 0.1) is 0 Å². The van der Waals surface area contributed by atoms with Gasteiger partial charge < -0.3 is 5.73 Å². The summed E-state index contributed by atoms with van der Waals surface area (Å²) in [6.07, 6.45) is 0.781. The molecule has 0 aliphatic rings. The minimum absolute atomic E-state index is 0.0242. The number of halogens is 1. The third kappa shape index (κ3) is 3.31.